The number of benzene rings is 1. The predicted molar refractivity (Wildman–Crippen MR) is 118 cm³/mol. The van der Waals surface area contributed by atoms with Crippen molar-refractivity contribution in [2.75, 3.05) is 13.2 Å². The van der Waals surface area contributed by atoms with Crippen molar-refractivity contribution in [2.24, 2.45) is 0 Å². The number of carbonyl (C=O) groups excluding carboxylic acids is 1. The van der Waals surface area contributed by atoms with Gasteiger partial charge in [0, 0.05) is 19.3 Å². The SMILES string of the molecule is Cc1ccc(Oc2nc3ccccn3c(=O)c2/C=C(\C#N)C(=O)NC[C@@H]2CCCO2)cc1. The topological polar surface area (TPSA) is 106 Å². The summed E-state index contributed by atoms with van der Waals surface area (Å²) in [5.74, 6) is -0.0784. The molecule has 8 heteroatoms. The first-order chi connectivity index (χ1) is 15.5. The fourth-order valence-corrected chi connectivity index (χ4v) is 3.40. The monoisotopic (exact) mass is 430 g/mol. The number of nitriles is 1. The molecule has 1 aliphatic rings. The Labute approximate surface area is 184 Å². The molecule has 8 nitrogen and oxygen atoms in total. The van der Waals surface area contributed by atoms with Gasteiger partial charge in [0.15, 0.2) is 0 Å². The summed E-state index contributed by atoms with van der Waals surface area (Å²) in [6.07, 6.45) is 4.54. The fourth-order valence-electron chi connectivity index (χ4n) is 3.40. The van der Waals surface area contributed by atoms with Crippen LogP contribution in [-0.2, 0) is 9.53 Å². The summed E-state index contributed by atoms with van der Waals surface area (Å²) in [5.41, 5.74) is 0.791. The van der Waals surface area contributed by atoms with Crippen molar-refractivity contribution in [1.29, 1.82) is 5.26 Å². The Bertz CT molecular complexity index is 1270. The quantitative estimate of drug-likeness (QED) is 0.476. The van der Waals surface area contributed by atoms with Gasteiger partial charge in [-0.3, -0.25) is 14.0 Å². The van der Waals surface area contributed by atoms with Gasteiger partial charge < -0.3 is 14.8 Å². The molecule has 1 aliphatic heterocycles. The summed E-state index contributed by atoms with van der Waals surface area (Å²) in [4.78, 5) is 30.2. The van der Waals surface area contributed by atoms with Gasteiger partial charge in [-0.15, -0.1) is 0 Å². The second kappa shape index (κ2) is 9.45. The van der Waals surface area contributed by atoms with Crippen molar-refractivity contribution in [1.82, 2.24) is 14.7 Å². The molecule has 1 saturated heterocycles. The highest BCUT2D eigenvalue weighted by molar-refractivity contribution is 6.01. The number of hydrogen-bond acceptors (Lipinski definition) is 6. The van der Waals surface area contributed by atoms with E-state index >= 15 is 0 Å². The second-order valence-corrected chi connectivity index (χ2v) is 7.49. The van der Waals surface area contributed by atoms with E-state index in [-0.39, 0.29) is 23.1 Å². The number of rotatable bonds is 6. The van der Waals surface area contributed by atoms with Crippen molar-refractivity contribution in [3.05, 3.63) is 75.7 Å². The maximum atomic E-state index is 13.2. The van der Waals surface area contributed by atoms with Crippen LogP contribution < -0.4 is 15.6 Å². The number of fused-ring (bicyclic) bond motifs is 1. The van der Waals surface area contributed by atoms with Crippen LogP contribution in [-0.4, -0.2) is 34.5 Å². The van der Waals surface area contributed by atoms with E-state index in [9.17, 15) is 14.9 Å². The molecule has 0 radical (unpaired) electrons. The van der Waals surface area contributed by atoms with Crippen LogP contribution in [0.1, 0.15) is 24.0 Å². The molecular weight excluding hydrogens is 408 g/mol. The molecule has 2 aromatic heterocycles. The summed E-state index contributed by atoms with van der Waals surface area (Å²) in [5, 5.41) is 12.3. The van der Waals surface area contributed by atoms with Crippen LogP contribution >= 0.6 is 0 Å². The van der Waals surface area contributed by atoms with E-state index in [2.05, 4.69) is 10.3 Å². The number of aryl methyl sites for hydroxylation is 1. The van der Waals surface area contributed by atoms with Gasteiger partial charge in [-0.2, -0.15) is 10.2 Å². The third-order valence-electron chi connectivity index (χ3n) is 5.14. The van der Waals surface area contributed by atoms with Crippen LogP contribution in [0.3, 0.4) is 0 Å². The number of hydrogen-bond donors (Lipinski definition) is 1. The molecule has 0 bridgehead atoms. The Morgan fingerprint density at radius 1 is 1.34 bits per heavy atom. The first-order valence-corrected chi connectivity index (χ1v) is 10.3. The fraction of sp³-hybridized carbons (Fsp3) is 0.250. The lowest BCUT2D eigenvalue weighted by atomic mass is 10.1. The number of aromatic nitrogens is 2. The zero-order valence-corrected chi connectivity index (χ0v) is 17.6. The molecule has 1 N–H and O–H groups in total. The summed E-state index contributed by atoms with van der Waals surface area (Å²) in [6.45, 7) is 2.92. The molecule has 3 heterocycles. The lowest BCUT2D eigenvalue weighted by Crippen LogP contribution is -2.32. The molecule has 0 unspecified atom stereocenters. The van der Waals surface area contributed by atoms with Crippen molar-refractivity contribution in [2.45, 2.75) is 25.9 Å². The van der Waals surface area contributed by atoms with E-state index in [0.717, 1.165) is 18.4 Å². The molecule has 1 atom stereocenters. The largest absolute Gasteiger partial charge is 0.438 e. The first kappa shape index (κ1) is 21.3. The highest BCUT2D eigenvalue weighted by Gasteiger charge is 2.20. The molecule has 1 aromatic carbocycles. The van der Waals surface area contributed by atoms with Gasteiger partial charge >= 0.3 is 0 Å². The number of amides is 1. The average molecular weight is 430 g/mol. The molecule has 1 fully saturated rings. The minimum Gasteiger partial charge on any atom is -0.438 e. The normalized spacial score (nSPS) is 16.0. The molecule has 0 saturated carbocycles. The number of pyridine rings is 1. The van der Waals surface area contributed by atoms with Crippen molar-refractivity contribution < 1.29 is 14.3 Å². The number of ether oxygens (including phenoxy) is 2. The standard InChI is InChI=1S/C24H22N4O4/c1-16-7-9-18(10-8-16)32-23-20(24(30)28-11-3-2-6-21(28)27-23)13-17(14-25)22(29)26-15-19-5-4-12-31-19/h2-3,6-11,13,19H,4-5,12,15H2,1H3,(H,26,29)/b17-13+/t19-/m0/s1. The smallest absolute Gasteiger partial charge is 0.269 e. The molecule has 32 heavy (non-hydrogen) atoms. The molecule has 3 aromatic rings. The summed E-state index contributed by atoms with van der Waals surface area (Å²) < 4.78 is 12.7. The lowest BCUT2D eigenvalue weighted by molar-refractivity contribution is -0.117. The van der Waals surface area contributed by atoms with Gasteiger partial charge in [0.1, 0.15) is 28.6 Å². The van der Waals surface area contributed by atoms with Crippen molar-refractivity contribution in [3.63, 3.8) is 0 Å². The van der Waals surface area contributed by atoms with Crippen LogP contribution in [0.25, 0.3) is 11.7 Å². The molecule has 162 valence electrons. The van der Waals surface area contributed by atoms with Gasteiger partial charge in [0.2, 0.25) is 5.88 Å². The predicted octanol–water partition coefficient (Wildman–Crippen LogP) is 3.00. The van der Waals surface area contributed by atoms with Crippen LogP contribution in [0.2, 0.25) is 0 Å². The maximum absolute atomic E-state index is 13.2. The van der Waals surface area contributed by atoms with Crippen LogP contribution in [0, 0.1) is 18.3 Å². The second-order valence-electron chi connectivity index (χ2n) is 7.49. The lowest BCUT2D eigenvalue weighted by Gasteiger charge is -2.12. The summed E-state index contributed by atoms with van der Waals surface area (Å²) >= 11 is 0. The van der Waals surface area contributed by atoms with Crippen LogP contribution in [0.15, 0.2) is 59.0 Å². The van der Waals surface area contributed by atoms with Gasteiger partial charge in [-0.05, 0) is 50.1 Å². The average Bonchev–Trinajstić information content (AvgIpc) is 3.33. The molecule has 0 aliphatic carbocycles. The molecular formula is C24H22N4O4. The van der Waals surface area contributed by atoms with E-state index in [0.29, 0.717) is 24.5 Å². The third kappa shape index (κ3) is 4.68. The van der Waals surface area contributed by atoms with Gasteiger partial charge in [-0.1, -0.05) is 23.8 Å². The molecule has 0 spiro atoms. The van der Waals surface area contributed by atoms with E-state index in [1.165, 1.54) is 10.5 Å². The van der Waals surface area contributed by atoms with Crippen LogP contribution in [0.4, 0.5) is 0 Å². The Balaban J connectivity index is 1.72. The Morgan fingerprint density at radius 3 is 2.88 bits per heavy atom. The Kier molecular flexibility index (Phi) is 6.29. The minimum atomic E-state index is -0.582. The molecule has 4 rings (SSSR count). The number of nitrogens with one attached hydrogen (secondary N) is 1. The first-order valence-electron chi connectivity index (χ1n) is 10.3. The van der Waals surface area contributed by atoms with E-state index in [1.54, 1.807) is 36.5 Å². The third-order valence-corrected chi connectivity index (χ3v) is 5.14. The van der Waals surface area contributed by atoms with Crippen LogP contribution in [0.5, 0.6) is 11.6 Å². The van der Waals surface area contributed by atoms with Crippen molar-refractivity contribution >= 4 is 17.6 Å². The number of carbonyl (C=O) groups is 1. The van der Waals surface area contributed by atoms with Gasteiger partial charge in [0.05, 0.1) is 6.10 Å². The summed E-state index contributed by atoms with van der Waals surface area (Å²) in [7, 11) is 0. The van der Waals surface area contributed by atoms with Gasteiger partial charge in [-0.25, -0.2) is 0 Å². The number of nitrogens with zero attached hydrogens (tertiary/aromatic N) is 3. The van der Waals surface area contributed by atoms with Crippen molar-refractivity contribution in [3.8, 4) is 17.7 Å². The minimum absolute atomic E-state index is 0.0121. The molecule has 1 amide bonds. The van der Waals surface area contributed by atoms with Gasteiger partial charge in [0.25, 0.3) is 11.5 Å². The van der Waals surface area contributed by atoms with E-state index in [1.807, 2.05) is 25.1 Å². The zero-order valence-electron chi connectivity index (χ0n) is 17.6. The summed E-state index contributed by atoms with van der Waals surface area (Å²) in [6, 6.07) is 14.3. The Morgan fingerprint density at radius 2 is 2.16 bits per heavy atom. The zero-order chi connectivity index (χ0) is 22.5. The van der Waals surface area contributed by atoms with E-state index < -0.39 is 11.5 Å². The van der Waals surface area contributed by atoms with E-state index in [4.69, 9.17) is 9.47 Å². The Hall–Kier alpha value is -3.96. The highest BCUT2D eigenvalue weighted by Crippen LogP contribution is 2.24. The maximum Gasteiger partial charge on any atom is 0.269 e. The highest BCUT2D eigenvalue weighted by atomic mass is 16.5.